The lowest BCUT2D eigenvalue weighted by atomic mass is 9.77. The second-order valence-electron chi connectivity index (χ2n) is 11.5. The average Bonchev–Trinajstić information content (AvgIpc) is 3.58. The van der Waals surface area contributed by atoms with Crippen molar-refractivity contribution in [3.63, 3.8) is 0 Å². The van der Waals surface area contributed by atoms with Crippen LogP contribution in [-0.4, -0.2) is 53.8 Å². The first-order chi connectivity index (χ1) is 19.7. The van der Waals surface area contributed by atoms with Gasteiger partial charge in [-0.25, -0.2) is 9.78 Å². The van der Waals surface area contributed by atoms with Gasteiger partial charge in [0.1, 0.15) is 12.3 Å². The Labute approximate surface area is 239 Å². The highest BCUT2D eigenvalue weighted by molar-refractivity contribution is 6.56. The number of carbonyl (C=O) groups is 2. The van der Waals surface area contributed by atoms with Crippen molar-refractivity contribution in [2.24, 2.45) is 0 Å². The van der Waals surface area contributed by atoms with Crippen LogP contribution in [0.2, 0.25) is 0 Å². The van der Waals surface area contributed by atoms with Gasteiger partial charge in [0.2, 0.25) is 0 Å². The summed E-state index contributed by atoms with van der Waals surface area (Å²) in [4.78, 5) is 31.9. The van der Waals surface area contributed by atoms with E-state index in [1.54, 1.807) is 12.4 Å². The molecule has 1 fully saturated rings. The second kappa shape index (κ2) is 10.3. The molecule has 2 aromatic carbocycles. The molecule has 1 saturated heterocycles. The molecular weight excluding hydrogens is 517 g/mol. The fourth-order valence-electron chi connectivity index (χ4n) is 5.45. The van der Waals surface area contributed by atoms with Gasteiger partial charge >= 0.3 is 13.2 Å². The first kappa shape index (κ1) is 27.0. The molecule has 1 amide bonds. The number of nitrogens with one attached hydrogen (secondary N) is 2. The van der Waals surface area contributed by atoms with Gasteiger partial charge in [0.25, 0.3) is 0 Å². The van der Waals surface area contributed by atoms with Crippen molar-refractivity contribution in [2.45, 2.75) is 44.8 Å². The number of ether oxygens (including phenoxy) is 1. The summed E-state index contributed by atoms with van der Waals surface area (Å²) in [5.41, 5.74) is 6.13. The number of aromatic nitrogens is 2. The van der Waals surface area contributed by atoms with E-state index < -0.39 is 24.4 Å². The summed E-state index contributed by atoms with van der Waals surface area (Å²) in [6.07, 6.45) is 5.47. The second-order valence-corrected chi connectivity index (χ2v) is 11.5. The first-order valence-electron chi connectivity index (χ1n) is 13.7. The van der Waals surface area contributed by atoms with E-state index in [4.69, 9.17) is 14.0 Å². The highest BCUT2D eigenvalue weighted by Crippen LogP contribution is 2.44. The topological polar surface area (TPSA) is 103 Å². The van der Waals surface area contributed by atoms with E-state index in [-0.39, 0.29) is 19.1 Å². The Morgan fingerprint density at radius 1 is 1.05 bits per heavy atom. The quantitative estimate of drug-likeness (QED) is 0.219. The van der Waals surface area contributed by atoms with Crippen molar-refractivity contribution in [3.05, 3.63) is 94.7 Å². The van der Waals surface area contributed by atoms with Crippen LogP contribution in [0.3, 0.4) is 0 Å². The maximum Gasteiger partial charge on any atom is 0.492 e. The molecule has 2 aromatic heterocycles. The minimum Gasteiger partial charge on any atom is -0.449 e. The first-order valence-corrected chi connectivity index (χ1v) is 13.7. The number of rotatable bonds is 7. The minimum atomic E-state index is -0.693. The summed E-state index contributed by atoms with van der Waals surface area (Å²) in [6, 6.07) is 18.3. The summed E-state index contributed by atoms with van der Waals surface area (Å²) in [7, 11) is -0.693. The Bertz CT molecular complexity index is 1610. The molecule has 41 heavy (non-hydrogen) atoms. The van der Waals surface area contributed by atoms with Gasteiger partial charge in [0.05, 0.1) is 11.2 Å². The highest BCUT2D eigenvalue weighted by Gasteiger charge is 2.52. The molecule has 0 spiro atoms. The molecule has 2 aliphatic rings. The lowest BCUT2D eigenvalue weighted by molar-refractivity contribution is 0.00578. The number of hydrogen-bond donors (Lipinski definition) is 2. The Hall–Kier alpha value is -4.21. The summed E-state index contributed by atoms with van der Waals surface area (Å²) < 4.78 is 18.4. The summed E-state index contributed by atoms with van der Waals surface area (Å²) >= 11 is 0. The van der Waals surface area contributed by atoms with E-state index in [0.29, 0.717) is 22.1 Å². The zero-order valence-electron chi connectivity index (χ0n) is 23.6. The highest BCUT2D eigenvalue weighted by atomic mass is 16.7. The summed E-state index contributed by atoms with van der Waals surface area (Å²) in [5.74, 6) is -0.0302. The maximum absolute atomic E-state index is 13.0. The van der Waals surface area contributed by atoms with Crippen molar-refractivity contribution in [1.29, 1.82) is 0 Å². The van der Waals surface area contributed by atoms with Crippen LogP contribution >= 0.6 is 0 Å². The summed E-state index contributed by atoms with van der Waals surface area (Å²) in [5, 5.41) is 3.60. The smallest absolute Gasteiger partial charge is 0.449 e. The lowest BCUT2D eigenvalue weighted by Crippen LogP contribution is -2.41. The van der Waals surface area contributed by atoms with Gasteiger partial charge in [-0.1, -0.05) is 54.6 Å². The Morgan fingerprint density at radius 3 is 2.32 bits per heavy atom. The Balaban J connectivity index is 1.20. The number of amides is 1. The molecule has 0 atom stereocenters. The van der Waals surface area contributed by atoms with Gasteiger partial charge < -0.3 is 24.3 Å². The number of aldehydes is 1. The number of carbonyl (C=O) groups excluding carboxylic acids is 2. The zero-order valence-corrected chi connectivity index (χ0v) is 23.6. The van der Waals surface area contributed by atoms with Crippen LogP contribution in [-0.2, 0) is 14.0 Å². The Kier molecular flexibility index (Phi) is 6.79. The third-order valence-electron chi connectivity index (χ3n) is 8.40. The van der Waals surface area contributed by atoms with Crippen LogP contribution in [0, 0.1) is 0 Å². The number of nitrogens with zero attached hydrogens (tertiary/aromatic N) is 1. The van der Waals surface area contributed by atoms with E-state index in [1.807, 2.05) is 64.1 Å². The van der Waals surface area contributed by atoms with Crippen LogP contribution in [0.1, 0.15) is 60.7 Å². The number of alkyl carbamates (subject to hydrolysis) is 1. The van der Waals surface area contributed by atoms with Gasteiger partial charge in [0.15, 0.2) is 6.29 Å². The standard InChI is InChI=1S/C32H32BN3O5/c1-31(2)32(3,4)41-33(40-31)22(13-20-14-27-21(18-37)16-35-29(27)34-15-20)17-36-30(38)39-19-28-25-11-7-5-9-23(25)24-10-6-8-12-26(24)28/h5-16,18,28H,17,19H2,1-4H3,(H,34,35)(H,36,38). The largest absolute Gasteiger partial charge is 0.492 e. The number of hydrogen-bond acceptors (Lipinski definition) is 6. The monoisotopic (exact) mass is 549 g/mol. The van der Waals surface area contributed by atoms with Crippen molar-refractivity contribution in [3.8, 4) is 11.1 Å². The van der Waals surface area contributed by atoms with E-state index in [1.165, 1.54) is 11.1 Å². The van der Waals surface area contributed by atoms with Crippen LogP contribution in [0.4, 0.5) is 4.79 Å². The molecule has 8 nitrogen and oxygen atoms in total. The SMILES string of the molecule is CC1(C)OB(C(=Cc2cnc3[nH]cc(C=O)c3c2)CNC(=O)OCC2c3ccccc3-c3ccccc32)OC1(C)C. The zero-order chi connectivity index (χ0) is 28.8. The minimum absolute atomic E-state index is 0.0302. The third kappa shape index (κ3) is 4.96. The van der Waals surface area contributed by atoms with Gasteiger partial charge in [-0.2, -0.15) is 0 Å². The summed E-state index contributed by atoms with van der Waals surface area (Å²) in [6.45, 7) is 8.28. The molecule has 1 aliphatic heterocycles. The molecule has 0 saturated carbocycles. The van der Waals surface area contributed by atoms with Crippen LogP contribution in [0.15, 0.2) is 72.5 Å². The Morgan fingerprint density at radius 2 is 1.68 bits per heavy atom. The van der Waals surface area contributed by atoms with Gasteiger partial charge in [-0.3, -0.25) is 4.79 Å². The molecule has 0 bridgehead atoms. The fourth-order valence-corrected chi connectivity index (χ4v) is 5.45. The number of H-pyrrole nitrogens is 1. The molecule has 9 heteroatoms. The van der Waals surface area contributed by atoms with E-state index >= 15 is 0 Å². The van der Waals surface area contributed by atoms with E-state index in [9.17, 15) is 9.59 Å². The van der Waals surface area contributed by atoms with Gasteiger partial charge in [-0.15, -0.1) is 0 Å². The predicted molar refractivity (Wildman–Crippen MR) is 159 cm³/mol. The maximum atomic E-state index is 13.0. The average molecular weight is 549 g/mol. The lowest BCUT2D eigenvalue weighted by Gasteiger charge is -2.32. The van der Waals surface area contributed by atoms with Crippen molar-refractivity contribution >= 4 is 36.6 Å². The molecule has 3 heterocycles. The van der Waals surface area contributed by atoms with Gasteiger partial charge in [-0.05, 0) is 67.1 Å². The normalized spacial score (nSPS) is 17.4. The van der Waals surface area contributed by atoms with Crippen molar-refractivity contribution in [1.82, 2.24) is 15.3 Å². The number of benzene rings is 2. The molecule has 0 radical (unpaired) electrons. The number of aromatic amines is 1. The molecular formula is C32H32BN3O5. The number of fused-ring (bicyclic) bond motifs is 4. The fraction of sp³-hybridized carbons (Fsp3) is 0.281. The van der Waals surface area contributed by atoms with Crippen molar-refractivity contribution in [2.75, 3.05) is 13.2 Å². The molecule has 4 aromatic rings. The van der Waals surface area contributed by atoms with Crippen LogP contribution < -0.4 is 5.32 Å². The molecule has 0 unspecified atom stereocenters. The van der Waals surface area contributed by atoms with E-state index in [2.05, 4.69) is 39.6 Å². The third-order valence-corrected chi connectivity index (χ3v) is 8.40. The number of pyridine rings is 1. The molecule has 6 rings (SSSR count). The van der Waals surface area contributed by atoms with Gasteiger partial charge in [0, 0.05) is 35.8 Å². The molecule has 208 valence electrons. The van der Waals surface area contributed by atoms with Crippen molar-refractivity contribution < 1.29 is 23.6 Å². The van der Waals surface area contributed by atoms with Crippen LogP contribution in [0.25, 0.3) is 28.2 Å². The molecule has 1 aliphatic carbocycles. The van der Waals surface area contributed by atoms with E-state index in [0.717, 1.165) is 23.0 Å². The predicted octanol–water partition coefficient (Wildman–Crippen LogP) is 5.93. The molecule has 2 N–H and O–H groups in total. The van der Waals surface area contributed by atoms with Crippen LogP contribution in [0.5, 0.6) is 0 Å².